The van der Waals surface area contributed by atoms with Crippen LogP contribution < -0.4 is 5.32 Å². The zero-order chi connectivity index (χ0) is 11.8. The van der Waals surface area contributed by atoms with Crippen LogP contribution in [0, 0.1) is 6.92 Å². The summed E-state index contributed by atoms with van der Waals surface area (Å²) < 4.78 is 5.15. The molecule has 0 aromatic carbocycles. The lowest BCUT2D eigenvalue weighted by Gasteiger charge is -2.16. The van der Waals surface area contributed by atoms with Crippen molar-refractivity contribution in [1.29, 1.82) is 0 Å². The number of rotatable bonds is 7. The molecule has 3 nitrogen and oxygen atoms in total. The van der Waals surface area contributed by atoms with Gasteiger partial charge in [0.1, 0.15) is 0 Å². The lowest BCUT2D eigenvalue weighted by atomic mass is 10.1. The van der Waals surface area contributed by atoms with E-state index >= 15 is 0 Å². The number of hydrogen-bond acceptors (Lipinski definition) is 3. The van der Waals surface area contributed by atoms with Crippen LogP contribution in [0.2, 0.25) is 0 Å². The number of aromatic nitrogens is 1. The Labute approximate surface area is 98.2 Å². The molecule has 0 saturated heterocycles. The van der Waals surface area contributed by atoms with Crippen LogP contribution in [0.4, 0.5) is 0 Å². The van der Waals surface area contributed by atoms with Crippen LogP contribution in [0.25, 0.3) is 0 Å². The van der Waals surface area contributed by atoms with E-state index in [1.54, 1.807) is 7.11 Å². The maximum absolute atomic E-state index is 5.15. The van der Waals surface area contributed by atoms with Gasteiger partial charge in [-0.3, -0.25) is 4.98 Å². The highest BCUT2D eigenvalue weighted by Crippen LogP contribution is 2.05. The minimum atomic E-state index is 0.465. The topological polar surface area (TPSA) is 34.1 Å². The summed E-state index contributed by atoms with van der Waals surface area (Å²) in [6.45, 7) is 6.06. The van der Waals surface area contributed by atoms with E-state index in [9.17, 15) is 0 Å². The summed E-state index contributed by atoms with van der Waals surface area (Å²) in [7, 11) is 1.75. The van der Waals surface area contributed by atoms with Crippen molar-refractivity contribution in [3.8, 4) is 0 Å². The number of hydrogen-bond donors (Lipinski definition) is 1. The summed E-state index contributed by atoms with van der Waals surface area (Å²) in [5.74, 6) is 0. The fourth-order valence-corrected chi connectivity index (χ4v) is 1.72. The van der Waals surface area contributed by atoms with Crippen molar-refractivity contribution in [3.63, 3.8) is 0 Å². The van der Waals surface area contributed by atoms with E-state index in [-0.39, 0.29) is 0 Å². The van der Waals surface area contributed by atoms with E-state index < -0.39 is 0 Å². The molecule has 0 radical (unpaired) electrons. The van der Waals surface area contributed by atoms with Crippen LogP contribution in [0.3, 0.4) is 0 Å². The number of nitrogens with one attached hydrogen (secondary N) is 1. The van der Waals surface area contributed by atoms with Gasteiger partial charge in [0.2, 0.25) is 0 Å². The SMILES string of the molecule is CCC(COC)NCCc1ccncc1C. The fraction of sp³-hybridized carbons (Fsp3) is 0.615. The largest absolute Gasteiger partial charge is 0.383 e. The minimum absolute atomic E-state index is 0.465. The number of pyridine rings is 1. The first-order valence-corrected chi connectivity index (χ1v) is 5.89. The highest BCUT2D eigenvalue weighted by Gasteiger charge is 2.04. The van der Waals surface area contributed by atoms with Gasteiger partial charge in [0.25, 0.3) is 0 Å². The van der Waals surface area contributed by atoms with E-state index in [2.05, 4.69) is 30.2 Å². The Balaban J connectivity index is 2.32. The first-order chi connectivity index (χ1) is 7.77. The number of methoxy groups -OCH3 is 1. The quantitative estimate of drug-likeness (QED) is 0.765. The van der Waals surface area contributed by atoms with Gasteiger partial charge in [-0.15, -0.1) is 0 Å². The van der Waals surface area contributed by atoms with Crippen molar-refractivity contribution in [2.24, 2.45) is 0 Å². The lowest BCUT2D eigenvalue weighted by Crippen LogP contribution is -2.34. The maximum atomic E-state index is 5.15. The molecule has 90 valence electrons. The van der Waals surface area contributed by atoms with E-state index in [0.29, 0.717) is 6.04 Å². The molecule has 0 aliphatic heterocycles. The van der Waals surface area contributed by atoms with Crippen molar-refractivity contribution >= 4 is 0 Å². The molecular weight excluding hydrogens is 200 g/mol. The van der Waals surface area contributed by atoms with Crippen LogP contribution in [-0.2, 0) is 11.2 Å². The average Bonchev–Trinajstić information content (AvgIpc) is 2.30. The third kappa shape index (κ3) is 4.29. The molecule has 1 heterocycles. The molecule has 1 N–H and O–H groups in total. The monoisotopic (exact) mass is 222 g/mol. The van der Waals surface area contributed by atoms with Gasteiger partial charge in [-0.05, 0) is 43.5 Å². The highest BCUT2D eigenvalue weighted by atomic mass is 16.5. The first-order valence-electron chi connectivity index (χ1n) is 5.89. The number of nitrogens with zero attached hydrogens (tertiary/aromatic N) is 1. The Morgan fingerprint density at radius 1 is 1.50 bits per heavy atom. The zero-order valence-corrected chi connectivity index (χ0v) is 10.5. The van der Waals surface area contributed by atoms with Gasteiger partial charge in [0.15, 0.2) is 0 Å². The summed E-state index contributed by atoms with van der Waals surface area (Å²) in [4.78, 5) is 4.09. The lowest BCUT2D eigenvalue weighted by molar-refractivity contribution is 0.165. The smallest absolute Gasteiger partial charge is 0.0615 e. The third-order valence-electron chi connectivity index (χ3n) is 2.82. The molecule has 1 aromatic heterocycles. The van der Waals surface area contributed by atoms with Gasteiger partial charge < -0.3 is 10.1 Å². The van der Waals surface area contributed by atoms with Crippen molar-refractivity contribution < 1.29 is 4.74 Å². The molecule has 0 saturated carbocycles. The van der Waals surface area contributed by atoms with E-state index in [1.807, 2.05) is 12.4 Å². The molecule has 0 amide bonds. The van der Waals surface area contributed by atoms with Gasteiger partial charge in [0.05, 0.1) is 6.61 Å². The molecule has 0 aliphatic rings. The maximum Gasteiger partial charge on any atom is 0.0615 e. The Morgan fingerprint density at radius 3 is 2.94 bits per heavy atom. The van der Waals surface area contributed by atoms with Crippen LogP contribution in [0.15, 0.2) is 18.5 Å². The van der Waals surface area contributed by atoms with E-state index in [1.165, 1.54) is 11.1 Å². The van der Waals surface area contributed by atoms with Gasteiger partial charge in [0, 0.05) is 25.5 Å². The molecule has 1 aromatic rings. The second-order valence-electron chi connectivity index (χ2n) is 4.07. The summed E-state index contributed by atoms with van der Waals surface area (Å²) in [6.07, 6.45) is 5.92. The molecule has 1 rings (SSSR count). The van der Waals surface area contributed by atoms with Gasteiger partial charge in [-0.2, -0.15) is 0 Å². The van der Waals surface area contributed by atoms with Crippen molar-refractivity contribution in [3.05, 3.63) is 29.6 Å². The van der Waals surface area contributed by atoms with E-state index in [4.69, 9.17) is 4.74 Å². The van der Waals surface area contributed by atoms with Gasteiger partial charge in [-0.1, -0.05) is 6.92 Å². The van der Waals surface area contributed by atoms with E-state index in [0.717, 1.165) is 26.0 Å². The van der Waals surface area contributed by atoms with Crippen molar-refractivity contribution in [1.82, 2.24) is 10.3 Å². The average molecular weight is 222 g/mol. The summed E-state index contributed by atoms with van der Waals surface area (Å²) in [6, 6.07) is 2.56. The summed E-state index contributed by atoms with van der Waals surface area (Å²) in [5.41, 5.74) is 2.64. The molecule has 0 aliphatic carbocycles. The normalized spacial score (nSPS) is 12.7. The summed E-state index contributed by atoms with van der Waals surface area (Å²) >= 11 is 0. The van der Waals surface area contributed by atoms with Crippen molar-refractivity contribution in [2.75, 3.05) is 20.3 Å². The van der Waals surface area contributed by atoms with Crippen molar-refractivity contribution in [2.45, 2.75) is 32.7 Å². The Morgan fingerprint density at radius 2 is 2.31 bits per heavy atom. The standard InChI is InChI=1S/C13H22N2O/c1-4-13(10-16-3)15-8-6-12-5-7-14-9-11(12)2/h5,7,9,13,15H,4,6,8,10H2,1-3H3. The zero-order valence-electron chi connectivity index (χ0n) is 10.5. The first kappa shape index (κ1) is 13.1. The Bertz CT molecular complexity index is 302. The van der Waals surface area contributed by atoms with Gasteiger partial charge >= 0.3 is 0 Å². The molecule has 0 fully saturated rings. The highest BCUT2D eigenvalue weighted by molar-refractivity contribution is 5.21. The molecule has 0 spiro atoms. The Hall–Kier alpha value is -0.930. The summed E-state index contributed by atoms with van der Waals surface area (Å²) in [5, 5.41) is 3.50. The van der Waals surface area contributed by atoms with Crippen LogP contribution >= 0.6 is 0 Å². The second kappa shape index (κ2) is 7.36. The predicted octanol–water partition coefficient (Wildman–Crippen LogP) is 1.95. The predicted molar refractivity (Wildman–Crippen MR) is 66.6 cm³/mol. The molecule has 1 atom stereocenters. The van der Waals surface area contributed by atoms with Gasteiger partial charge in [-0.25, -0.2) is 0 Å². The minimum Gasteiger partial charge on any atom is -0.383 e. The third-order valence-corrected chi connectivity index (χ3v) is 2.82. The molecule has 1 unspecified atom stereocenters. The second-order valence-corrected chi connectivity index (χ2v) is 4.07. The number of aryl methyl sites for hydroxylation is 1. The molecular formula is C13H22N2O. The number of ether oxygens (including phenoxy) is 1. The Kier molecular flexibility index (Phi) is 6.04. The van der Waals surface area contributed by atoms with Crippen LogP contribution in [0.5, 0.6) is 0 Å². The molecule has 0 bridgehead atoms. The molecule has 16 heavy (non-hydrogen) atoms. The van der Waals surface area contributed by atoms with Crippen LogP contribution in [0.1, 0.15) is 24.5 Å². The van der Waals surface area contributed by atoms with Crippen LogP contribution in [-0.4, -0.2) is 31.3 Å². The fourth-order valence-electron chi connectivity index (χ4n) is 1.72. The molecule has 3 heteroatoms.